The van der Waals surface area contributed by atoms with Gasteiger partial charge in [-0.3, -0.25) is 19.6 Å². The molecule has 2 aliphatic rings. The SMILES string of the molecule is O=C(NCCc1cn[nH]c1)[C@@H]1CCC(=O)N(CCCN2CCOCC2)C1. The summed E-state index contributed by atoms with van der Waals surface area (Å²) >= 11 is 0. The number of hydrogen-bond donors (Lipinski definition) is 2. The number of rotatable bonds is 8. The summed E-state index contributed by atoms with van der Waals surface area (Å²) in [4.78, 5) is 28.8. The first kappa shape index (κ1) is 18.8. The summed E-state index contributed by atoms with van der Waals surface area (Å²) in [6.07, 6.45) is 6.43. The zero-order valence-electron chi connectivity index (χ0n) is 15.3. The number of carbonyl (C=O) groups is 2. The largest absolute Gasteiger partial charge is 0.379 e. The number of nitrogens with one attached hydrogen (secondary N) is 2. The van der Waals surface area contributed by atoms with Gasteiger partial charge in [-0.2, -0.15) is 5.10 Å². The lowest BCUT2D eigenvalue weighted by molar-refractivity contribution is -0.138. The maximum atomic E-state index is 12.4. The van der Waals surface area contributed by atoms with E-state index in [0.29, 0.717) is 25.9 Å². The lowest BCUT2D eigenvalue weighted by Crippen LogP contribution is -2.47. The molecule has 3 rings (SSSR count). The Morgan fingerprint density at radius 3 is 2.96 bits per heavy atom. The maximum absolute atomic E-state index is 12.4. The second-order valence-corrected chi connectivity index (χ2v) is 7.03. The van der Waals surface area contributed by atoms with Crippen LogP contribution in [0.3, 0.4) is 0 Å². The average molecular weight is 363 g/mol. The van der Waals surface area contributed by atoms with E-state index in [1.165, 1.54) is 0 Å². The third-order valence-electron chi connectivity index (χ3n) is 5.14. The number of piperidine rings is 1. The lowest BCUT2D eigenvalue weighted by Gasteiger charge is -2.33. The van der Waals surface area contributed by atoms with E-state index in [9.17, 15) is 9.59 Å². The van der Waals surface area contributed by atoms with Crippen LogP contribution in [0.5, 0.6) is 0 Å². The highest BCUT2D eigenvalue weighted by Gasteiger charge is 2.29. The molecule has 0 bridgehead atoms. The Bertz CT molecular complexity index is 571. The highest BCUT2D eigenvalue weighted by Crippen LogP contribution is 2.18. The Labute approximate surface area is 154 Å². The number of likely N-dealkylation sites (tertiary alicyclic amines) is 1. The van der Waals surface area contributed by atoms with Gasteiger partial charge in [0.2, 0.25) is 11.8 Å². The van der Waals surface area contributed by atoms with Crippen molar-refractivity contribution in [1.29, 1.82) is 0 Å². The van der Waals surface area contributed by atoms with Crippen LogP contribution < -0.4 is 5.32 Å². The molecule has 0 aromatic carbocycles. The number of nitrogens with zero attached hydrogens (tertiary/aromatic N) is 3. The Balaban J connectivity index is 1.37. The quantitative estimate of drug-likeness (QED) is 0.680. The van der Waals surface area contributed by atoms with Gasteiger partial charge in [-0.15, -0.1) is 0 Å². The third kappa shape index (κ3) is 5.54. The molecular weight excluding hydrogens is 334 g/mol. The Morgan fingerprint density at radius 2 is 2.19 bits per heavy atom. The van der Waals surface area contributed by atoms with Gasteiger partial charge in [-0.25, -0.2) is 0 Å². The van der Waals surface area contributed by atoms with Crippen molar-refractivity contribution in [2.45, 2.75) is 25.7 Å². The number of H-pyrrole nitrogens is 1. The van der Waals surface area contributed by atoms with Crippen molar-refractivity contribution in [3.8, 4) is 0 Å². The van der Waals surface area contributed by atoms with Crippen LogP contribution in [-0.2, 0) is 20.7 Å². The molecule has 0 radical (unpaired) electrons. The zero-order valence-corrected chi connectivity index (χ0v) is 15.3. The minimum Gasteiger partial charge on any atom is -0.379 e. The first-order valence-electron chi connectivity index (χ1n) is 9.55. The number of aromatic amines is 1. The highest BCUT2D eigenvalue weighted by atomic mass is 16.5. The molecule has 2 amide bonds. The predicted octanol–water partition coefficient (Wildman–Crippen LogP) is 0.0293. The monoisotopic (exact) mass is 363 g/mol. The van der Waals surface area contributed by atoms with Crippen molar-refractivity contribution in [2.75, 3.05) is 52.5 Å². The van der Waals surface area contributed by atoms with E-state index in [0.717, 1.165) is 57.8 Å². The van der Waals surface area contributed by atoms with E-state index >= 15 is 0 Å². The zero-order chi connectivity index (χ0) is 18.2. The van der Waals surface area contributed by atoms with Gasteiger partial charge < -0.3 is 15.0 Å². The third-order valence-corrected chi connectivity index (χ3v) is 5.14. The van der Waals surface area contributed by atoms with Crippen molar-refractivity contribution in [1.82, 2.24) is 25.3 Å². The first-order valence-corrected chi connectivity index (χ1v) is 9.55. The molecule has 0 spiro atoms. The van der Waals surface area contributed by atoms with Gasteiger partial charge in [0, 0.05) is 51.9 Å². The molecule has 2 fully saturated rings. The molecule has 3 heterocycles. The normalized spacial score (nSPS) is 21.8. The summed E-state index contributed by atoms with van der Waals surface area (Å²) in [7, 11) is 0. The molecule has 1 aromatic heterocycles. The Morgan fingerprint density at radius 1 is 1.35 bits per heavy atom. The average Bonchev–Trinajstić information content (AvgIpc) is 3.17. The van der Waals surface area contributed by atoms with E-state index < -0.39 is 0 Å². The second kappa shape index (κ2) is 9.68. The van der Waals surface area contributed by atoms with Crippen LogP contribution in [0.25, 0.3) is 0 Å². The number of hydrogen-bond acceptors (Lipinski definition) is 5. The van der Waals surface area contributed by atoms with Crippen LogP contribution in [0.2, 0.25) is 0 Å². The van der Waals surface area contributed by atoms with Crippen molar-refractivity contribution in [2.24, 2.45) is 5.92 Å². The summed E-state index contributed by atoms with van der Waals surface area (Å²) in [6, 6.07) is 0. The van der Waals surface area contributed by atoms with E-state index in [4.69, 9.17) is 4.74 Å². The molecule has 0 saturated carbocycles. The fraction of sp³-hybridized carbons (Fsp3) is 0.722. The number of amides is 2. The Hall–Kier alpha value is -1.93. The van der Waals surface area contributed by atoms with Gasteiger partial charge in [0.25, 0.3) is 0 Å². The van der Waals surface area contributed by atoms with Crippen molar-refractivity contribution in [3.63, 3.8) is 0 Å². The highest BCUT2D eigenvalue weighted by molar-refractivity contribution is 5.83. The molecule has 2 saturated heterocycles. The van der Waals surface area contributed by atoms with Gasteiger partial charge in [-0.1, -0.05) is 0 Å². The van der Waals surface area contributed by atoms with E-state index in [-0.39, 0.29) is 17.7 Å². The van der Waals surface area contributed by atoms with Gasteiger partial charge in [0.05, 0.1) is 25.3 Å². The molecule has 8 nitrogen and oxygen atoms in total. The molecule has 144 valence electrons. The Kier molecular flexibility index (Phi) is 7.02. The predicted molar refractivity (Wildman–Crippen MR) is 96.5 cm³/mol. The minimum absolute atomic E-state index is 0.0548. The molecule has 2 N–H and O–H groups in total. The summed E-state index contributed by atoms with van der Waals surface area (Å²) in [5.74, 6) is 0.133. The lowest BCUT2D eigenvalue weighted by atomic mass is 9.96. The van der Waals surface area contributed by atoms with Gasteiger partial charge in [-0.05, 0) is 24.8 Å². The molecule has 1 atom stereocenters. The fourth-order valence-corrected chi connectivity index (χ4v) is 3.54. The topological polar surface area (TPSA) is 90.6 Å². The van der Waals surface area contributed by atoms with Crippen molar-refractivity contribution >= 4 is 11.8 Å². The van der Waals surface area contributed by atoms with Crippen LogP contribution in [-0.4, -0.2) is 84.3 Å². The second-order valence-electron chi connectivity index (χ2n) is 7.03. The number of aromatic nitrogens is 2. The molecule has 8 heteroatoms. The van der Waals surface area contributed by atoms with E-state index in [1.54, 1.807) is 6.20 Å². The van der Waals surface area contributed by atoms with Crippen molar-refractivity contribution in [3.05, 3.63) is 18.0 Å². The minimum atomic E-state index is -0.0968. The van der Waals surface area contributed by atoms with E-state index in [2.05, 4.69) is 20.4 Å². The van der Waals surface area contributed by atoms with Crippen LogP contribution >= 0.6 is 0 Å². The smallest absolute Gasteiger partial charge is 0.224 e. The van der Waals surface area contributed by atoms with Crippen LogP contribution in [0.4, 0.5) is 0 Å². The molecule has 2 aliphatic heterocycles. The maximum Gasteiger partial charge on any atom is 0.224 e. The standard InChI is InChI=1S/C18H29N5O3/c24-17-3-2-16(18(25)19-5-4-15-12-20-21-13-15)14-23(17)7-1-6-22-8-10-26-11-9-22/h12-13,16H,1-11,14H2,(H,19,25)(H,20,21)/t16-/m1/s1. The van der Waals surface area contributed by atoms with Crippen molar-refractivity contribution < 1.29 is 14.3 Å². The summed E-state index contributed by atoms with van der Waals surface area (Å²) in [5.41, 5.74) is 1.08. The first-order chi connectivity index (χ1) is 12.7. The molecular formula is C18H29N5O3. The molecule has 0 aliphatic carbocycles. The number of carbonyl (C=O) groups excluding carboxylic acids is 2. The molecule has 1 aromatic rings. The number of morpholine rings is 1. The van der Waals surface area contributed by atoms with Crippen LogP contribution in [0.1, 0.15) is 24.8 Å². The molecule has 26 heavy (non-hydrogen) atoms. The fourth-order valence-electron chi connectivity index (χ4n) is 3.54. The summed E-state index contributed by atoms with van der Waals surface area (Å²) in [6.45, 7) is 6.38. The molecule has 0 unspecified atom stereocenters. The van der Waals surface area contributed by atoms with Gasteiger partial charge in [0.15, 0.2) is 0 Å². The van der Waals surface area contributed by atoms with Gasteiger partial charge >= 0.3 is 0 Å². The van der Waals surface area contributed by atoms with E-state index in [1.807, 2.05) is 11.1 Å². The van der Waals surface area contributed by atoms with Crippen LogP contribution in [0.15, 0.2) is 12.4 Å². The van der Waals surface area contributed by atoms with Gasteiger partial charge in [0.1, 0.15) is 0 Å². The summed E-state index contributed by atoms with van der Waals surface area (Å²) < 4.78 is 5.35. The summed E-state index contributed by atoms with van der Waals surface area (Å²) in [5, 5.41) is 9.66. The number of ether oxygens (including phenoxy) is 1. The van der Waals surface area contributed by atoms with Crippen LogP contribution in [0, 0.1) is 5.92 Å².